The van der Waals surface area contributed by atoms with E-state index < -0.39 is 0 Å². The van der Waals surface area contributed by atoms with Crippen LogP contribution in [0.3, 0.4) is 0 Å². The van der Waals surface area contributed by atoms with Crippen LogP contribution < -0.4 is 0 Å². The summed E-state index contributed by atoms with van der Waals surface area (Å²) in [5, 5.41) is 9.15. The monoisotopic (exact) mass is 254 g/mol. The Morgan fingerprint density at radius 3 is 2.50 bits per heavy atom. The van der Waals surface area contributed by atoms with E-state index in [4.69, 9.17) is 5.11 Å². The molecule has 0 heterocycles. The fourth-order valence-electron chi connectivity index (χ4n) is 2.16. The summed E-state index contributed by atoms with van der Waals surface area (Å²) in [6, 6.07) is 7.60. The average Bonchev–Trinajstić information content (AvgIpc) is 2.56. The van der Waals surface area contributed by atoms with Crippen molar-refractivity contribution in [2.45, 2.75) is 30.5 Å². The molecule has 0 radical (unpaired) electrons. The van der Waals surface area contributed by atoms with E-state index in [1.165, 1.54) is 24.8 Å². The van der Waals surface area contributed by atoms with Gasteiger partial charge in [-0.15, -0.1) is 0 Å². The van der Waals surface area contributed by atoms with Gasteiger partial charge in [0.15, 0.2) is 0 Å². The van der Waals surface area contributed by atoms with E-state index in [0.717, 1.165) is 17.2 Å². The zero-order valence-electron chi connectivity index (χ0n) is 8.12. The van der Waals surface area contributed by atoms with Gasteiger partial charge in [-0.3, -0.25) is 0 Å². The second-order valence-electron chi connectivity index (χ2n) is 4.15. The van der Waals surface area contributed by atoms with E-state index in [-0.39, 0.29) is 0 Å². The minimum atomic E-state index is 0.360. The molecule has 2 rings (SSSR count). The lowest BCUT2D eigenvalue weighted by molar-refractivity contribution is 0.474. The molecule has 76 valence electrons. The van der Waals surface area contributed by atoms with Crippen molar-refractivity contribution in [2.24, 2.45) is 5.92 Å². The highest BCUT2D eigenvalue weighted by Gasteiger charge is 2.22. The maximum Gasteiger partial charge on any atom is 0.115 e. The molecule has 0 saturated heterocycles. The number of aromatic hydroxyl groups is 1. The molecule has 0 aliphatic heterocycles. The summed E-state index contributed by atoms with van der Waals surface area (Å²) >= 11 is 3.66. The normalized spacial score (nSPS) is 26.6. The standard InChI is InChI=1S/C12H15BrO/c13-11-4-1-10(8-11)7-9-2-5-12(14)6-3-9/h2-3,5-6,10-11,14H,1,4,7-8H2. The van der Waals surface area contributed by atoms with Crippen LogP contribution in [-0.2, 0) is 6.42 Å². The van der Waals surface area contributed by atoms with E-state index in [0.29, 0.717) is 5.75 Å². The number of hydrogen-bond acceptors (Lipinski definition) is 1. The van der Waals surface area contributed by atoms with Crippen LogP contribution in [0.25, 0.3) is 0 Å². The van der Waals surface area contributed by atoms with Crippen molar-refractivity contribution in [2.75, 3.05) is 0 Å². The minimum Gasteiger partial charge on any atom is -0.508 e. The fourth-order valence-corrected chi connectivity index (χ4v) is 2.96. The molecule has 0 amide bonds. The summed E-state index contributed by atoms with van der Waals surface area (Å²) < 4.78 is 0. The predicted molar refractivity (Wildman–Crippen MR) is 61.9 cm³/mol. The van der Waals surface area contributed by atoms with E-state index in [1.54, 1.807) is 12.1 Å². The molecule has 2 heteroatoms. The van der Waals surface area contributed by atoms with Gasteiger partial charge in [-0.25, -0.2) is 0 Å². The van der Waals surface area contributed by atoms with Gasteiger partial charge >= 0.3 is 0 Å². The summed E-state index contributed by atoms with van der Waals surface area (Å²) in [4.78, 5) is 0.726. The average molecular weight is 255 g/mol. The van der Waals surface area contributed by atoms with Crippen LogP contribution in [0, 0.1) is 5.92 Å². The molecule has 2 atom stereocenters. The Bertz CT molecular complexity index is 294. The molecule has 1 aliphatic carbocycles. The summed E-state index contributed by atoms with van der Waals surface area (Å²) in [6.45, 7) is 0. The molecule has 1 saturated carbocycles. The first-order valence-electron chi connectivity index (χ1n) is 5.16. The molecular formula is C12H15BrO. The van der Waals surface area contributed by atoms with Gasteiger partial charge in [0.05, 0.1) is 0 Å². The molecule has 1 fully saturated rings. The number of alkyl halides is 1. The number of phenolic OH excluding ortho intramolecular Hbond substituents is 1. The summed E-state index contributed by atoms with van der Waals surface area (Å²) in [6.07, 6.45) is 5.09. The number of benzene rings is 1. The summed E-state index contributed by atoms with van der Waals surface area (Å²) in [7, 11) is 0. The molecule has 2 unspecified atom stereocenters. The molecule has 0 bridgehead atoms. The SMILES string of the molecule is Oc1ccc(CC2CCC(Br)C2)cc1. The topological polar surface area (TPSA) is 20.2 Å². The van der Waals surface area contributed by atoms with Crippen LogP contribution in [-0.4, -0.2) is 9.93 Å². The predicted octanol–water partition coefficient (Wildman–Crippen LogP) is 3.50. The highest BCUT2D eigenvalue weighted by molar-refractivity contribution is 9.09. The lowest BCUT2D eigenvalue weighted by Crippen LogP contribution is -1.99. The van der Waals surface area contributed by atoms with Crippen molar-refractivity contribution in [1.82, 2.24) is 0 Å². The van der Waals surface area contributed by atoms with Gasteiger partial charge in [0.1, 0.15) is 5.75 Å². The van der Waals surface area contributed by atoms with Crippen LogP contribution in [0.15, 0.2) is 24.3 Å². The van der Waals surface area contributed by atoms with Crippen LogP contribution in [0.2, 0.25) is 0 Å². The second kappa shape index (κ2) is 4.35. The molecule has 14 heavy (non-hydrogen) atoms. The summed E-state index contributed by atoms with van der Waals surface area (Å²) in [5.74, 6) is 1.18. The first-order valence-corrected chi connectivity index (χ1v) is 6.07. The third-order valence-electron chi connectivity index (χ3n) is 2.94. The third kappa shape index (κ3) is 2.50. The molecule has 1 nitrogen and oxygen atoms in total. The van der Waals surface area contributed by atoms with Crippen molar-refractivity contribution in [3.05, 3.63) is 29.8 Å². The minimum absolute atomic E-state index is 0.360. The lowest BCUT2D eigenvalue weighted by Gasteiger charge is -2.08. The van der Waals surface area contributed by atoms with Gasteiger partial charge in [0, 0.05) is 4.83 Å². The van der Waals surface area contributed by atoms with Gasteiger partial charge in [-0.2, -0.15) is 0 Å². The molecule has 1 aromatic rings. The highest BCUT2D eigenvalue weighted by Crippen LogP contribution is 2.33. The zero-order chi connectivity index (χ0) is 9.97. The molecule has 1 N–H and O–H groups in total. The van der Waals surface area contributed by atoms with Crippen LogP contribution in [0.5, 0.6) is 5.75 Å². The number of hydrogen-bond donors (Lipinski definition) is 1. The number of rotatable bonds is 2. The maximum atomic E-state index is 9.15. The lowest BCUT2D eigenvalue weighted by atomic mass is 9.98. The number of halogens is 1. The van der Waals surface area contributed by atoms with Gasteiger partial charge < -0.3 is 5.11 Å². The highest BCUT2D eigenvalue weighted by atomic mass is 79.9. The van der Waals surface area contributed by atoms with Gasteiger partial charge in [0.25, 0.3) is 0 Å². The van der Waals surface area contributed by atoms with E-state index in [2.05, 4.69) is 15.9 Å². The number of phenols is 1. The van der Waals surface area contributed by atoms with Crippen molar-refractivity contribution in [3.8, 4) is 5.75 Å². The van der Waals surface area contributed by atoms with Gasteiger partial charge in [0.2, 0.25) is 0 Å². The molecule has 1 aromatic carbocycles. The first-order chi connectivity index (χ1) is 6.74. The van der Waals surface area contributed by atoms with Gasteiger partial charge in [-0.05, 0) is 49.3 Å². The Balaban J connectivity index is 1.94. The quantitative estimate of drug-likeness (QED) is 0.802. The van der Waals surface area contributed by atoms with Gasteiger partial charge in [-0.1, -0.05) is 28.1 Å². The second-order valence-corrected chi connectivity index (χ2v) is 5.44. The smallest absolute Gasteiger partial charge is 0.115 e. The first kappa shape index (κ1) is 10.0. The molecule has 0 spiro atoms. The van der Waals surface area contributed by atoms with Crippen molar-refractivity contribution < 1.29 is 5.11 Å². The van der Waals surface area contributed by atoms with Crippen LogP contribution in [0.4, 0.5) is 0 Å². The fraction of sp³-hybridized carbons (Fsp3) is 0.500. The Kier molecular flexibility index (Phi) is 3.12. The Morgan fingerprint density at radius 1 is 1.21 bits per heavy atom. The van der Waals surface area contributed by atoms with Crippen molar-refractivity contribution >= 4 is 15.9 Å². The largest absolute Gasteiger partial charge is 0.508 e. The summed E-state index contributed by atoms with van der Waals surface area (Å²) in [5.41, 5.74) is 1.34. The van der Waals surface area contributed by atoms with Crippen molar-refractivity contribution in [1.29, 1.82) is 0 Å². The third-order valence-corrected chi connectivity index (χ3v) is 3.77. The Morgan fingerprint density at radius 2 is 1.93 bits per heavy atom. The molecule has 1 aliphatic rings. The van der Waals surface area contributed by atoms with Crippen LogP contribution >= 0.6 is 15.9 Å². The van der Waals surface area contributed by atoms with Crippen LogP contribution in [0.1, 0.15) is 24.8 Å². The van der Waals surface area contributed by atoms with E-state index in [9.17, 15) is 0 Å². The van der Waals surface area contributed by atoms with E-state index in [1.807, 2.05) is 12.1 Å². The zero-order valence-corrected chi connectivity index (χ0v) is 9.70. The Hall–Kier alpha value is -0.500. The molecular weight excluding hydrogens is 240 g/mol. The van der Waals surface area contributed by atoms with Crippen molar-refractivity contribution in [3.63, 3.8) is 0 Å². The maximum absolute atomic E-state index is 9.15. The molecule has 0 aromatic heterocycles. The Labute approximate surface area is 93.3 Å². The van der Waals surface area contributed by atoms with E-state index >= 15 is 0 Å².